The maximum atomic E-state index is 11.6. The minimum absolute atomic E-state index is 0.268. The van der Waals surface area contributed by atoms with Gasteiger partial charge < -0.3 is 18.8 Å². The molecule has 1 aliphatic rings. The first-order valence-electron chi connectivity index (χ1n) is 7.49. The van der Waals surface area contributed by atoms with E-state index in [0.717, 1.165) is 6.26 Å². The fourth-order valence-corrected chi connectivity index (χ4v) is 2.93. The Morgan fingerprint density at radius 1 is 1.04 bits per heavy atom. The molecule has 0 aromatic heterocycles. The van der Waals surface area contributed by atoms with Crippen molar-refractivity contribution >= 4 is 28.3 Å². The minimum Gasteiger partial charge on any atom is -0.493 e. The van der Waals surface area contributed by atoms with Crippen molar-refractivity contribution in [3.05, 3.63) is 12.1 Å². The monoisotopic (exact) mass is 357 g/mol. The van der Waals surface area contributed by atoms with Crippen LogP contribution in [-0.4, -0.2) is 47.2 Å². The quantitative estimate of drug-likeness (QED) is 0.802. The molecule has 0 amide bonds. The van der Waals surface area contributed by atoms with E-state index in [-0.39, 0.29) is 5.69 Å². The molecule has 1 saturated heterocycles. The summed E-state index contributed by atoms with van der Waals surface area (Å²) in [7, 11) is -1.21. The average Bonchev–Trinajstić information content (AvgIpc) is 2.64. The zero-order valence-corrected chi connectivity index (χ0v) is 15.9. The van der Waals surface area contributed by atoms with Gasteiger partial charge in [0.25, 0.3) is 0 Å². The molecule has 0 spiro atoms. The Labute approximate surface area is 143 Å². The maximum absolute atomic E-state index is 11.6. The van der Waals surface area contributed by atoms with Crippen LogP contribution in [0.25, 0.3) is 0 Å². The number of hydrogen-bond donors (Lipinski definition) is 1. The van der Waals surface area contributed by atoms with Crippen LogP contribution < -0.4 is 19.7 Å². The zero-order chi connectivity index (χ0) is 18.3. The van der Waals surface area contributed by atoms with Crippen molar-refractivity contribution in [1.29, 1.82) is 0 Å². The molecule has 1 aliphatic heterocycles. The lowest BCUT2D eigenvalue weighted by atomic mass is 9.78. The van der Waals surface area contributed by atoms with Gasteiger partial charge in [-0.3, -0.25) is 4.72 Å². The van der Waals surface area contributed by atoms with Crippen LogP contribution in [0.3, 0.4) is 0 Å². The molecular weight excluding hydrogens is 333 g/mol. The van der Waals surface area contributed by atoms with E-state index in [2.05, 4.69) is 4.72 Å². The highest BCUT2D eigenvalue weighted by atomic mass is 32.2. The number of methoxy groups -OCH3 is 2. The molecule has 0 unspecified atom stereocenters. The van der Waals surface area contributed by atoms with Gasteiger partial charge in [0.2, 0.25) is 10.0 Å². The Morgan fingerprint density at radius 2 is 1.58 bits per heavy atom. The van der Waals surface area contributed by atoms with Crippen LogP contribution in [0.1, 0.15) is 27.7 Å². The third-order valence-electron chi connectivity index (χ3n) is 4.32. The second-order valence-electron chi connectivity index (χ2n) is 6.77. The molecule has 1 heterocycles. The van der Waals surface area contributed by atoms with Gasteiger partial charge in [0, 0.05) is 0 Å². The smallest absolute Gasteiger partial charge is 0.493 e. The van der Waals surface area contributed by atoms with E-state index in [1.165, 1.54) is 14.2 Å². The predicted molar refractivity (Wildman–Crippen MR) is 93.7 cm³/mol. The van der Waals surface area contributed by atoms with Crippen molar-refractivity contribution in [3.8, 4) is 11.5 Å². The number of benzene rings is 1. The minimum atomic E-state index is -3.49. The van der Waals surface area contributed by atoms with E-state index in [9.17, 15) is 8.42 Å². The summed E-state index contributed by atoms with van der Waals surface area (Å²) in [4.78, 5) is 0. The van der Waals surface area contributed by atoms with E-state index in [1.807, 2.05) is 27.7 Å². The summed E-state index contributed by atoms with van der Waals surface area (Å²) in [6.45, 7) is 7.79. The Bertz CT molecular complexity index is 716. The lowest BCUT2D eigenvalue weighted by molar-refractivity contribution is 0.00578. The largest absolute Gasteiger partial charge is 0.495 e. The lowest BCUT2D eigenvalue weighted by Gasteiger charge is -2.32. The fraction of sp³-hybridized carbons (Fsp3) is 0.600. The first kappa shape index (κ1) is 18.9. The van der Waals surface area contributed by atoms with Gasteiger partial charge in [-0.15, -0.1) is 0 Å². The maximum Gasteiger partial charge on any atom is 0.495 e. The van der Waals surface area contributed by atoms with Crippen molar-refractivity contribution in [2.75, 3.05) is 25.2 Å². The second-order valence-corrected chi connectivity index (χ2v) is 8.51. The zero-order valence-electron chi connectivity index (χ0n) is 15.1. The summed E-state index contributed by atoms with van der Waals surface area (Å²) in [6.07, 6.45) is 1.07. The van der Waals surface area contributed by atoms with Crippen molar-refractivity contribution in [3.63, 3.8) is 0 Å². The van der Waals surface area contributed by atoms with Gasteiger partial charge in [0.05, 0.1) is 37.4 Å². The number of rotatable bonds is 5. The van der Waals surface area contributed by atoms with Gasteiger partial charge in [-0.25, -0.2) is 8.42 Å². The topological polar surface area (TPSA) is 83.1 Å². The fourth-order valence-electron chi connectivity index (χ4n) is 2.38. The number of ether oxygens (including phenoxy) is 2. The highest BCUT2D eigenvalue weighted by molar-refractivity contribution is 7.92. The molecule has 1 aromatic carbocycles. The molecule has 24 heavy (non-hydrogen) atoms. The third kappa shape index (κ3) is 3.63. The molecule has 0 saturated carbocycles. The molecule has 1 N–H and O–H groups in total. The Balaban J connectivity index is 2.51. The van der Waals surface area contributed by atoms with Gasteiger partial charge in [-0.2, -0.15) is 0 Å². The molecule has 0 bridgehead atoms. The first-order chi connectivity index (χ1) is 10.9. The SMILES string of the molecule is COc1cc(B2OC(C)(C)C(C)(C)O2)cc(NS(C)(=O)=O)c1OC. The van der Waals surface area contributed by atoms with Crippen LogP contribution in [0.4, 0.5) is 5.69 Å². The summed E-state index contributed by atoms with van der Waals surface area (Å²) in [5, 5.41) is 0. The molecule has 0 aliphatic carbocycles. The molecule has 134 valence electrons. The Hall–Kier alpha value is -1.45. The summed E-state index contributed by atoms with van der Waals surface area (Å²) in [5.74, 6) is 0.680. The van der Waals surface area contributed by atoms with E-state index in [1.54, 1.807) is 12.1 Å². The lowest BCUT2D eigenvalue weighted by Crippen LogP contribution is -2.41. The molecule has 0 atom stereocenters. The van der Waals surface area contributed by atoms with Crippen LogP contribution in [0, 0.1) is 0 Å². The van der Waals surface area contributed by atoms with Crippen LogP contribution in [0.2, 0.25) is 0 Å². The van der Waals surface area contributed by atoms with E-state index in [0.29, 0.717) is 17.0 Å². The summed E-state index contributed by atoms with van der Waals surface area (Å²) in [5.41, 5.74) is -0.105. The normalized spacial score (nSPS) is 19.2. The van der Waals surface area contributed by atoms with Gasteiger partial charge >= 0.3 is 7.12 Å². The van der Waals surface area contributed by atoms with Gasteiger partial charge in [-0.05, 0) is 45.3 Å². The molecular formula is C15H24BNO6S. The van der Waals surface area contributed by atoms with Crippen molar-refractivity contribution in [2.45, 2.75) is 38.9 Å². The van der Waals surface area contributed by atoms with Crippen LogP contribution in [0.15, 0.2) is 12.1 Å². The highest BCUT2D eigenvalue weighted by Crippen LogP contribution is 2.39. The van der Waals surface area contributed by atoms with Gasteiger partial charge in [0.15, 0.2) is 11.5 Å². The van der Waals surface area contributed by atoms with Crippen LogP contribution in [-0.2, 0) is 19.3 Å². The average molecular weight is 357 g/mol. The van der Waals surface area contributed by atoms with Gasteiger partial charge in [-0.1, -0.05) is 0 Å². The van der Waals surface area contributed by atoms with Crippen LogP contribution >= 0.6 is 0 Å². The number of nitrogens with one attached hydrogen (secondary N) is 1. The van der Waals surface area contributed by atoms with Crippen LogP contribution in [0.5, 0.6) is 11.5 Å². The summed E-state index contributed by atoms with van der Waals surface area (Å²) < 4.78 is 48.3. The van der Waals surface area contributed by atoms with Crippen molar-refractivity contribution in [2.24, 2.45) is 0 Å². The van der Waals surface area contributed by atoms with Crippen molar-refractivity contribution in [1.82, 2.24) is 0 Å². The predicted octanol–water partition coefficient (Wildman–Crippen LogP) is 1.37. The standard InChI is InChI=1S/C15H24BNO6S/c1-14(2)15(3,4)23-16(22-14)10-8-11(17-24(7,18)19)13(21-6)12(9-10)20-5/h8-9,17H,1-7H3. The van der Waals surface area contributed by atoms with E-state index < -0.39 is 28.3 Å². The highest BCUT2D eigenvalue weighted by Gasteiger charge is 2.52. The molecule has 9 heteroatoms. The van der Waals surface area contributed by atoms with Gasteiger partial charge in [0.1, 0.15) is 0 Å². The van der Waals surface area contributed by atoms with E-state index in [4.69, 9.17) is 18.8 Å². The first-order valence-corrected chi connectivity index (χ1v) is 9.38. The molecule has 7 nitrogen and oxygen atoms in total. The number of sulfonamides is 1. The molecule has 1 fully saturated rings. The van der Waals surface area contributed by atoms with E-state index >= 15 is 0 Å². The molecule has 2 rings (SSSR count). The summed E-state index contributed by atoms with van der Waals surface area (Å²) >= 11 is 0. The van der Waals surface area contributed by atoms with Crippen molar-refractivity contribution < 1.29 is 27.2 Å². The Kier molecular flexibility index (Phi) is 4.82. The third-order valence-corrected chi connectivity index (χ3v) is 4.91. The number of anilines is 1. The Morgan fingerprint density at radius 3 is 2.00 bits per heavy atom. The molecule has 1 aromatic rings. The summed E-state index contributed by atoms with van der Waals surface area (Å²) in [6, 6.07) is 3.35. The second kappa shape index (κ2) is 6.13. The molecule has 0 radical (unpaired) electrons. The number of hydrogen-bond acceptors (Lipinski definition) is 6.